The Kier molecular flexibility index (Phi) is 6.95. The van der Waals surface area contributed by atoms with Crippen molar-refractivity contribution in [3.05, 3.63) is 71.9 Å². The first-order valence-corrected chi connectivity index (χ1v) is 10.6. The predicted molar refractivity (Wildman–Crippen MR) is 124 cm³/mol. The second kappa shape index (κ2) is 10.3. The van der Waals surface area contributed by atoms with Crippen LogP contribution in [0.5, 0.6) is 11.5 Å². The minimum atomic E-state index is -3.75. The number of alkyl halides is 2. The molecule has 12 heteroatoms. The molecule has 3 aromatic rings. The van der Waals surface area contributed by atoms with Crippen molar-refractivity contribution in [3.8, 4) is 11.5 Å². The number of carbonyl (C=O) groups is 3. The lowest BCUT2D eigenvalue weighted by atomic mass is 10.1. The van der Waals surface area contributed by atoms with E-state index in [1.54, 1.807) is 36.4 Å². The first-order chi connectivity index (χ1) is 17.2. The molecule has 0 atom stereocenters. The van der Waals surface area contributed by atoms with Gasteiger partial charge in [0.05, 0.1) is 5.56 Å². The smallest absolute Gasteiger partial charge is 0.456 e. The summed E-state index contributed by atoms with van der Waals surface area (Å²) in [6.07, 6.45) is -2.25. The summed E-state index contributed by atoms with van der Waals surface area (Å²) in [4.78, 5) is 39.6. The number of amides is 2. The van der Waals surface area contributed by atoms with Gasteiger partial charge in [-0.2, -0.15) is 0 Å². The standard InChI is InChI=1S/C24H20F2N4O6/c1-14(31)34-13-22(32)30-21-10-15(8-9-27-21)12-28-18-5-3-2-4-17(18)23(33)29-16-6-7-19-20(11-16)36-24(25,26)35-19/h2-11,28H,12-13H2,1H3,(H,29,33)(H,27,30,32). The number of benzene rings is 2. The van der Waals surface area contributed by atoms with E-state index in [2.05, 4.69) is 35.1 Å². The molecule has 2 amide bonds. The van der Waals surface area contributed by atoms with Gasteiger partial charge in [0.25, 0.3) is 11.8 Å². The Balaban J connectivity index is 1.40. The molecule has 0 saturated carbocycles. The average Bonchev–Trinajstić information content (AvgIpc) is 3.15. The van der Waals surface area contributed by atoms with Crippen molar-refractivity contribution in [2.75, 3.05) is 22.6 Å². The summed E-state index contributed by atoms with van der Waals surface area (Å²) in [6.45, 7) is 1.07. The molecule has 1 aliphatic heterocycles. The number of fused-ring (bicyclic) bond motifs is 1. The number of halogens is 2. The summed E-state index contributed by atoms with van der Waals surface area (Å²) < 4.78 is 39.9. The molecular formula is C24H20F2N4O6. The maximum atomic E-state index is 13.2. The van der Waals surface area contributed by atoms with E-state index in [1.807, 2.05) is 0 Å². The zero-order chi connectivity index (χ0) is 25.7. The van der Waals surface area contributed by atoms with Gasteiger partial charge in [0.1, 0.15) is 5.82 Å². The Labute approximate surface area is 203 Å². The zero-order valence-corrected chi connectivity index (χ0v) is 18.8. The number of aromatic nitrogens is 1. The fourth-order valence-corrected chi connectivity index (χ4v) is 3.26. The normalized spacial score (nSPS) is 13.0. The molecule has 1 aromatic heterocycles. The van der Waals surface area contributed by atoms with Crippen LogP contribution in [-0.4, -0.2) is 35.7 Å². The molecule has 0 saturated heterocycles. The minimum Gasteiger partial charge on any atom is -0.456 e. The summed E-state index contributed by atoms with van der Waals surface area (Å²) >= 11 is 0. The highest BCUT2D eigenvalue weighted by molar-refractivity contribution is 6.08. The van der Waals surface area contributed by atoms with Gasteiger partial charge >= 0.3 is 12.3 Å². The quantitative estimate of drug-likeness (QED) is 0.401. The summed E-state index contributed by atoms with van der Waals surface area (Å²) in [5.41, 5.74) is 1.82. The van der Waals surface area contributed by atoms with Gasteiger partial charge in [0, 0.05) is 37.1 Å². The van der Waals surface area contributed by atoms with Crippen molar-refractivity contribution in [1.29, 1.82) is 0 Å². The zero-order valence-electron chi connectivity index (χ0n) is 18.8. The fourth-order valence-electron chi connectivity index (χ4n) is 3.26. The second-order valence-corrected chi connectivity index (χ2v) is 7.56. The number of rotatable bonds is 8. The van der Waals surface area contributed by atoms with Gasteiger partial charge in [-0.1, -0.05) is 12.1 Å². The number of carbonyl (C=O) groups excluding carboxylic acids is 3. The third kappa shape index (κ3) is 6.23. The van der Waals surface area contributed by atoms with E-state index in [9.17, 15) is 23.2 Å². The van der Waals surface area contributed by atoms with Crippen LogP contribution in [0, 0.1) is 0 Å². The molecule has 186 valence electrons. The Bertz CT molecular complexity index is 1320. The average molecular weight is 498 g/mol. The molecule has 4 rings (SSSR count). The van der Waals surface area contributed by atoms with Crippen molar-refractivity contribution in [2.24, 2.45) is 0 Å². The van der Waals surface area contributed by atoms with E-state index < -0.39 is 30.7 Å². The number of para-hydroxylation sites is 1. The molecule has 2 aromatic carbocycles. The van der Waals surface area contributed by atoms with Crippen LogP contribution in [0.2, 0.25) is 0 Å². The lowest BCUT2D eigenvalue weighted by molar-refractivity contribution is -0.286. The van der Waals surface area contributed by atoms with Crippen LogP contribution in [0.15, 0.2) is 60.8 Å². The highest BCUT2D eigenvalue weighted by Gasteiger charge is 2.43. The number of nitrogens with zero attached hydrogens (tertiary/aromatic N) is 1. The van der Waals surface area contributed by atoms with Gasteiger partial charge in [-0.25, -0.2) is 4.98 Å². The molecule has 3 N–H and O–H groups in total. The number of pyridine rings is 1. The lowest BCUT2D eigenvalue weighted by Gasteiger charge is -2.13. The first-order valence-electron chi connectivity index (χ1n) is 10.6. The SMILES string of the molecule is CC(=O)OCC(=O)Nc1cc(CNc2ccccc2C(=O)Nc2ccc3c(c2)OC(F)(F)O3)ccn1. The molecule has 0 unspecified atom stereocenters. The number of ether oxygens (including phenoxy) is 3. The van der Waals surface area contributed by atoms with Crippen molar-refractivity contribution in [2.45, 2.75) is 19.8 Å². The van der Waals surface area contributed by atoms with Crippen LogP contribution in [-0.2, 0) is 20.9 Å². The maximum absolute atomic E-state index is 13.2. The monoisotopic (exact) mass is 498 g/mol. The molecule has 0 aliphatic carbocycles. The van der Waals surface area contributed by atoms with Crippen LogP contribution < -0.4 is 25.4 Å². The van der Waals surface area contributed by atoms with Crippen molar-refractivity contribution in [1.82, 2.24) is 4.98 Å². The van der Waals surface area contributed by atoms with E-state index >= 15 is 0 Å². The highest BCUT2D eigenvalue weighted by atomic mass is 19.3. The van der Waals surface area contributed by atoms with Gasteiger partial charge in [0.2, 0.25) is 0 Å². The predicted octanol–water partition coefficient (Wildman–Crippen LogP) is 3.77. The van der Waals surface area contributed by atoms with E-state index in [4.69, 9.17) is 0 Å². The van der Waals surface area contributed by atoms with Gasteiger partial charge in [-0.05, 0) is 42.0 Å². The third-order valence-electron chi connectivity index (χ3n) is 4.81. The third-order valence-corrected chi connectivity index (χ3v) is 4.81. The fraction of sp³-hybridized carbons (Fsp3) is 0.167. The van der Waals surface area contributed by atoms with Crippen LogP contribution in [0.25, 0.3) is 0 Å². The molecule has 10 nitrogen and oxygen atoms in total. The maximum Gasteiger partial charge on any atom is 0.586 e. The molecule has 1 aliphatic rings. The first kappa shape index (κ1) is 24.4. The minimum absolute atomic E-state index is 0.126. The van der Waals surface area contributed by atoms with Crippen LogP contribution in [0.1, 0.15) is 22.8 Å². The van der Waals surface area contributed by atoms with Gasteiger partial charge in [-0.3, -0.25) is 14.4 Å². The van der Waals surface area contributed by atoms with Gasteiger partial charge in [0.15, 0.2) is 18.1 Å². The topological polar surface area (TPSA) is 128 Å². The summed E-state index contributed by atoms with van der Waals surface area (Å²) in [5, 5.41) is 8.34. The van der Waals surface area contributed by atoms with E-state index in [1.165, 1.54) is 31.3 Å². The second-order valence-electron chi connectivity index (χ2n) is 7.56. The Morgan fingerprint density at radius 2 is 1.78 bits per heavy atom. The molecular weight excluding hydrogens is 478 g/mol. The van der Waals surface area contributed by atoms with E-state index in [0.29, 0.717) is 17.8 Å². The Hall–Kier alpha value is -4.74. The van der Waals surface area contributed by atoms with E-state index in [0.717, 1.165) is 5.56 Å². The molecule has 0 fully saturated rings. The number of anilines is 3. The van der Waals surface area contributed by atoms with E-state index in [-0.39, 0.29) is 23.0 Å². The van der Waals surface area contributed by atoms with Crippen LogP contribution in [0.3, 0.4) is 0 Å². The molecule has 0 bridgehead atoms. The van der Waals surface area contributed by atoms with Crippen molar-refractivity contribution in [3.63, 3.8) is 0 Å². The Morgan fingerprint density at radius 1 is 1.00 bits per heavy atom. The molecule has 0 radical (unpaired) electrons. The number of nitrogens with one attached hydrogen (secondary N) is 3. The number of hydrogen-bond acceptors (Lipinski definition) is 8. The lowest BCUT2D eigenvalue weighted by Crippen LogP contribution is -2.25. The van der Waals surface area contributed by atoms with Crippen molar-refractivity contribution < 1.29 is 37.4 Å². The largest absolute Gasteiger partial charge is 0.586 e. The van der Waals surface area contributed by atoms with Crippen molar-refractivity contribution >= 4 is 35.0 Å². The Morgan fingerprint density at radius 3 is 2.58 bits per heavy atom. The molecule has 36 heavy (non-hydrogen) atoms. The summed E-state index contributed by atoms with van der Waals surface area (Å²) in [7, 11) is 0. The number of esters is 1. The van der Waals surface area contributed by atoms with Crippen LogP contribution >= 0.6 is 0 Å². The highest BCUT2D eigenvalue weighted by Crippen LogP contribution is 2.42. The summed E-state index contributed by atoms with van der Waals surface area (Å²) in [5.74, 6) is -1.62. The van der Waals surface area contributed by atoms with Crippen LogP contribution in [0.4, 0.5) is 26.0 Å². The summed E-state index contributed by atoms with van der Waals surface area (Å²) in [6, 6.07) is 14.0. The van der Waals surface area contributed by atoms with Gasteiger partial charge < -0.3 is 30.2 Å². The van der Waals surface area contributed by atoms with Gasteiger partial charge in [-0.15, -0.1) is 8.78 Å². The molecule has 2 heterocycles. The molecule has 0 spiro atoms. The number of hydrogen-bond donors (Lipinski definition) is 3.